The van der Waals surface area contributed by atoms with Crippen LogP contribution < -0.4 is 15.0 Å². The van der Waals surface area contributed by atoms with Gasteiger partial charge in [-0.3, -0.25) is 9.69 Å². The molecule has 0 atom stereocenters. The molecular weight excluding hydrogens is 252 g/mol. The number of nitrogens with zero attached hydrogens (tertiary/aromatic N) is 1. The van der Waals surface area contributed by atoms with Gasteiger partial charge in [-0.1, -0.05) is 12.1 Å². The third-order valence-electron chi connectivity index (χ3n) is 3.38. The lowest BCUT2D eigenvalue weighted by molar-refractivity contribution is -0.117. The standard InChI is InChI=1S/C16H16N2O2/c1-20-13-8-6-12(7-9-13)18-15-5-3-2-4-14(15)17-11-10-16(18)19/h2-9,17H,10-11H2,1H3. The molecule has 0 spiro atoms. The second kappa shape index (κ2) is 5.25. The van der Waals surface area contributed by atoms with Gasteiger partial charge in [-0.2, -0.15) is 0 Å². The van der Waals surface area contributed by atoms with Gasteiger partial charge in [0, 0.05) is 18.7 Å². The summed E-state index contributed by atoms with van der Waals surface area (Å²) in [7, 11) is 1.63. The third-order valence-corrected chi connectivity index (χ3v) is 3.38. The number of carbonyl (C=O) groups is 1. The van der Waals surface area contributed by atoms with E-state index in [-0.39, 0.29) is 5.91 Å². The largest absolute Gasteiger partial charge is 0.497 e. The fraction of sp³-hybridized carbons (Fsp3) is 0.188. The number of fused-ring (bicyclic) bond motifs is 1. The molecule has 1 aliphatic heterocycles. The van der Waals surface area contributed by atoms with Crippen LogP contribution in [0.2, 0.25) is 0 Å². The fourth-order valence-electron chi connectivity index (χ4n) is 2.38. The number of ether oxygens (including phenoxy) is 1. The Kier molecular flexibility index (Phi) is 3.29. The molecule has 20 heavy (non-hydrogen) atoms. The highest BCUT2D eigenvalue weighted by Gasteiger charge is 2.23. The normalized spacial score (nSPS) is 14.2. The summed E-state index contributed by atoms with van der Waals surface area (Å²) in [5.41, 5.74) is 2.72. The van der Waals surface area contributed by atoms with Gasteiger partial charge in [0.05, 0.1) is 18.5 Å². The van der Waals surface area contributed by atoms with E-state index >= 15 is 0 Å². The molecule has 0 saturated heterocycles. The zero-order chi connectivity index (χ0) is 13.9. The predicted octanol–water partition coefficient (Wildman–Crippen LogP) is 3.18. The van der Waals surface area contributed by atoms with E-state index < -0.39 is 0 Å². The van der Waals surface area contributed by atoms with E-state index in [1.807, 2.05) is 48.5 Å². The van der Waals surface area contributed by atoms with Crippen molar-refractivity contribution < 1.29 is 9.53 Å². The maximum atomic E-state index is 12.4. The number of nitrogens with one attached hydrogen (secondary N) is 1. The van der Waals surface area contributed by atoms with Gasteiger partial charge in [-0.15, -0.1) is 0 Å². The summed E-state index contributed by atoms with van der Waals surface area (Å²) < 4.78 is 5.16. The van der Waals surface area contributed by atoms with Crippen LogP contribution >= 0.6 is 0 Å². The zero-order valence-corrected chi connectivity index (χ0v) is 11.3. The van der Waals surface area contributed by atoms with E-state index in [0.717, 1.165) is 22.8 Å². The zero-order valence-electron chi connectivity index (χ0n) is 11.3. The Morgan fingerprint density at radius 2 is 1.85 bits per heavy atom. The van der Waals surface area contributed by atoms with Crippen molar-refractivity contribution in [3.63, 3.8) is 0 Å². The smallest absolute Gasteiger partial charge is 0.233 e. The van der Waals surface area contributed by atoms with Gasteiger partial charge < -0.3 is 10.1 Å². The van der Waals surface area contributed by atoms with Gasteiger partial charge in [0.1, 0.15) is 5.75 Å². The number of carbonyl (C=O) groups excluding carboxylic acids is 1. The van der Waals surface area contributed by atoms with Crippen molar-refractivity contribution >= 4 is 23.0 Å². The number of hydrogen-bond acceptors (Lipinski definition) is 3. The molecule has 2 aromatic rings. The van der Waals surface area contributed by atoms with Crippen LogP contribution in [0.1, 0.15) is 6.42 Å². The predicted molar refractivity (Wildman–Crippen MR) is 79.7 cm³/mol. The monoisotopic (exact) mass is 268 g/mol. The Hall–Kier alpha value is -2.49. The Bertz CT molecular complexity index is 623. The number of para-hydroxylation sites is 2. The van der Waals surface area contributed by atoms with Crippen LogP contribution in [0.4, 0.5) is 17.1 Å². The van der Waals surface area contributed by atoms with Crippen LogP contribution in [-0.4, -0.2) is 19.6 Å². The van der Waals surface area contributed by atoms with Crippen molar-refractivity contribution in [3.8, 4) is 5.75 Å². The number of hydrogen-bond donors (Lipinski definition) is 1. The van der Waals surface area contributed by atoms with Crippen LogP contribution in [0.15, 0.2) is 48.5 Å². The molecule has 0 radical (unpaired) electrons. The number of methoxy groups -OCH3 is 1. The van der Waals surface area contributed by atoms with Gasteiger partial charge in [-0.05, 0) is 36.4 Å². The molecule has 0 unspecified atom stereocenters. The molecule has 0 fully saturated rings. The first-order valence-electron chi connectivity index (χ1n) is 6.59. The summed E-state index contributed by atoms with van der Waals surface area (Å²) in [6, 6.07) is 15.4. The molecule has 0 aromatic heterocycles. The summed E-state index contributed by atoms with van der Waals surface area (Å²) in [5.74, 6) is 0.870. The van der Waals surface area contributed by atoms with Crippen molar-refractivity contribution in [1.82, 2.24) is 0 Å². The lowest BCUT2D eigenvalue weighted by Gasteiger charge is -2.22. The number of benzene rings is 2. The SMILES string of the molecule is COc1ccc(N2C(=O)CCNc3ccccc32)cc1. The summed E-state index contributed by atoms with van der Waals surface area (Å²) in [6.45, 7) is 0.655. The molecule has 1 aliphatic rings. The van der Waals surface area contributed by atoms with E-state index in [0.29, 0.717) is 13.0 Å². The molecule has 0 saturated carbocycles. The third kappa shape index (κ3) is 2.20. The van der Waals surface area contributed by atoms with E-state index in [2.05, 4.69) is 5.32 Å². The summed E-state index contributed by atoms with van der Waals surface area (Å²) in [5, 5.41) is 3.29. The summed E-state index contributed by atoms with van der Waals surface area (Å²) >= 11 is 0. The van der Waals surface area contributed by atoms with Crippen molar-refractivity contribution in [1.29, 1.82) is 0 Å². The number of amides is 1. The van der Waals surface area contributed by atoms with Gasteiger partial charge in [0.25, 0.3) is 0 Å². The average Bonchev–Trinajstić information content (AvgIpc) is 2.66. The maximum absolute atomic E-state index is 12.4. The minimum atomic E-state index is 0.0904. The van der Waals surface area contributed by atoms with E-state index in [1.165, 1.54) is 0 Å². The molecule has 0 aliphatic carbocycles. The molecule has 3 rings (SSSR count). The number of anilines is 3. The van der Waals surface area contributed by atoms with Crippen LogP contribution in [-0.2, 0) is 4.79 Å². The van der Waals surface area contributed by atoms with Crippen molar-refractivity contribution in [3.05, 3.63) is 48.5 Å². The molecule has 2 aromatic carbocycles. The highest BCUT2D eigenvalue weighted by molar-refractivity contribution is 6.04. The van der Waals surface area contributed by atoms with Crippen LogP contribution in [0, 0.1) is 0 Å². The Morgan fingerprint density at radius 3 is 2.60 bits per heavy atom. The molecule has 1 heterocycles. The molecule has 4 heteroatoms. The maximum Gasteiger partial charge on any atom is 0.233 e. The lowest BCUT2D eigenvalue weighted by atomic mass is 10.2. The minimum absolute atomic E-state index is 0.0904. The van der Waals surface area contributed by atoms with Gasteiger partial charge in [0.15, 0.2) is 0 Å². The minimum Gasteiger partial charge on any atom is -0.497 e. The van der Waals surface area contributed by atoms with Crippen LogP contribution in [0.5, 0.6) is 5.75 Å². The first-order chi connectivity index (χ1) is 9.79. The second-order valence-electron chi connectivity index (χ2n) is 4.62. The molecule has 102 valence electrons. The van der Waals surface area contributed by atoms with Crippen molar-refractivity contribution in [2.24, 2.45) is 0 Å². The van der Waals surface area contributed by atoms with Crippen molar-refractivity contribution in [2.45, 2.75) is 6.42 Å². The molecular formula is C16H16N2O2. The Morgan fingerprint density at radius 1 is 1.10 bits per heavy atom. The Labute approximate surface area is 118 Å². The molecule has 0 bridgehead atoms. The van der Waals surface area contributed by atoms with Gasteiger partial charge in [-0.25, -0.2) is 0 Å². The van der Waals surface area contributed by atoms with E-state index in [9.17, 15) is 4.79 Å². The fourth-order valence-corrected chi connectivity index (χ4v) is 2.38. The lowest BCUT2D eigenvalue weighted by Crippen LogP contribution is -2.24. The summed E-state index contributed by atoms with van der Waals surface area (Å²) in [6.07, 6.45) is 0.473. The second-order valence-corrected chi connectivity index (χ2v) is 4.62. The molecule has 1 N–H and O–H groups in total. The topological polar surface area (TPSA) is 41.6 Å². The van der Waals surface area contributed by atoms with E-state index in [1.54, 1.807) is 12.0 Å². The molecule has 1 amide bonds. The van der Waals surface area contributed by atoms with Gasteiger partial charge >= 0.3 is 0 Å². The highest BCUT2D eigenvalue weighted by atomic mass is 16.5. The first kappa shape index (κ1) is 12.5. The first-order valence-corrected chi connectivity index (χ1v) is 6.59. The van der Waals surface area contributed by atoms with Gasteiger partial charge in [0.2, 0.25) is 5.91 Å². The molecule has 4 nitrogen and oxygen atoms in total. The van der Waals surface area contributed by atoms with Crippen LogP contribution in [0.3, 0.4) is 0 Å². The quantitative estimate of drug-likeness (QED) is 0.909. The summed E-state index contributed by atoms with van der Waals surface area (Å²) in [4.78, 5) is 14.1. The van der Waals surface area contributed by atoms with Crippen LogP contribution in [0.25, 0.3) is 0 Å². The van der Waals surface area contributed by atoms with Crippen molar-refractivity contribution in [2.75, 3.05) is 23.9 Å². The number of rotatable bonds is 2. The average molecular weight is 268 g/mol. The highest BCUT2D eigenvalue weighted by Crippen LogP contribution is 2.35. The van der Waals surface area contributed by atoms with E-state index in [4.69, 9.17) is 4.74 Å². The Balaban J connectivity index is 2.07.